The first-order valence-electron chi connectivity index (χ1n) is 12.7. The molecule has 1 amide bonds. The van der Waals surface area contributed by atoms with E-state index < -0.39 is 11.6 Å². The molecule has 0 radical (unpaired) electrons. The molecule has 0 unspecified atom stereocenters. The van der Waals surface area contributed by atoms with Crippen LogP contribution in [-0.4, -0.2) is 65.7 Å². The van der Waals surface area contributed by atoms with Crippen molar-refractivity contribution in [1.29, 1.82) is 0 Å². The van der Waals surface area contributed by atoms with Crippen molar-refractivity contribution in [3.8, 4) is 0 Å². The third-order valence-corrected chi connectivity index (χ3v) is 8.50. The van der Waals surface area contributed by atoms with Crippen LogP contribution in [0, 0.1) is 17.6 Å². The number of carbonyl (C=O) groups is 1. The van der Waals surface area contributed by atoms with Crippen LogP contribution < -0.4 is 10.2 Å². The minimum Gasteiger partial charge on any atom is -0.378 e. The minimum atomic E-state index is -0.774. The van der Waals surface area contributed by atoms with E-state index in [9.17, 15) is 13.6 Å². The molecule has 0 aromatic carbocycles. The molecule has 10 heteroatoms. The lowest BCUT2D eigenvalue weighted by Crippen LogP contribution is -2.49. The number of nitrogens with zero attached hydrogens (tertiary/aromatic N) is 4. The molecule has 2 aliphatic heterocycles. The van der Waals surface area contributed by atoms with Gasteiger partial charge in [-0.05, 0) is 57.4 Å². The molecule has 2 aromatic rings. The molecule has 1 saturated carbocycles. The first kappa shape index (κ1) is 24.5. The monoisotopic (exact) mass is 505 g/mol. The number of ether oxygens (including phenoxy) is 1. The molecule has 1 N–H and O–H groups in total. The Morgan fingerprint density at radius 3 is 2.66 bits per heavy atom. The Kier molecular flexibility index (Phi) is 7.89. The fraction of sp³-hybridized carbons (Fsp3) is 0.640. The summed E-state index contributed by atoms with van der Waals surface area (Å²) in [5.41, 5.74) is 0.00103. The van der Waals surface area contributed by atoms with E-state index in [0.717, 1.165) is 56.5 Å². The number of piperidine rings is 2. The third-order valence-electron chi connectivity index (χ3n) is 7.44. The second-order valence-corrected chi connectivity index (χ2v) is 10.9. The standard InChI is InChI=1S/C25H33F2N5O2S/c26-18-11-21(27)22(28-12-18)13-29-24(33)23-14-30-25(35-23)31-9-6-19(7-10-31)32-8-2-3-17(15-32)16-34-20-4-1-5-20/h11-12,14,17,19-20H,1-10,13,15-16H2,(H,29,33)/t17-/m0/s1. The summed E-state index contributed by atoms with van der Waals surface area (Å²) < 4.78 is 32.8. The Hall–Kier alpha value is -2.17. The summed E-state index contributed by atoms with van der Waals surface area (Å²) in [5.74, 6) is -1.20. The molecule has 7 nitrogen and oxygen atoms in total. The van der Waals surface area contributed by atoms with Gasteiger partial charge in [0.25, 0.3) is 5.91 Å². The lowest BCUT2D eigenvalue weighted by atomic mass is 9.93. The van der Waals surface area contributed by atoms with E-state index in [1.54, 1.807) is 6.20 Å². The van der Waals surface area contributed by atoms with Crippen LogP contribution in [0.4, 0.5) is 13.9 Å². The molecule has 5 rings (SSSR count). The highest BCUT2D eigenvalue weighted by Crippen LogP contribution is 2.30. The smallest absolute Gasteiger partial charge is 0.263 e. The summed E-state index contributed by atoms with van der Waals surface area (Å²) in [6, 6.07) is 1.36. The number of anilines is 1. The molecule has 0 spiro atoms. The number of likely N-dealkylation sites (tertiary alicyclic amines) is 1. The summed E-state index contributed by atoms with van der Waals surface area (Å²) in [7, 11) is 0. The predicted octanol–water partition coefficient (Wildman–Crippen LogP) is 4.00. The number of rotatable bonds is 8. The van der Waals surface area contributed by atoms with Crippen molar-refractivity contribution >= 4 is 22.4 Å². The van der Waals surface area contributed by atoms with E-state index >= 15 is 0 Å². The Balaban J connectivity index is 1.08. The van der Waals surface area contributed by atoms with E-state index in [0.29, 0.717) is 22.9 Å². The average Bonchev–Trinajstić information content (AvgIpc) is 3.33. The largest absolute Gasteiger partial charge is 0.378 e. The highest BCUT2D eigenvalue weighted by Gasteiger charge is 2.30. The molecule has 35 heavy (non-hydrogen) atoms. The number of thiazole rings is 1. The number of pyridine rings is 1. The topological polar surface area (TPSA) is 70.6 Å². The van der Waals surface area contributed by atoms with Crippen LogP contribution in [0.5, 0.6) is 0 Å². The summed E-state index contributed by atoms with van der Waals surface area (Å²) in [5, 5.41) is 3.48. The zero-order valence-electron chi connectivity index (χ0n) is 19.9. The zero-order chi connectivity index (χ0) is 24.2. The van der Waals surface area contributed by atoms with Gasteiger partial charge in [-0.15, -0.1) is 0 Å². The van der Waals surface area contributed by atoms with Gasteiger partial charge in [0.05, 0.1) is 37.3 Å². The van der Waals surface area contributed by atoms with Gasteiger partial charge in [0.1, 0.15) is 16.5 Å². The molecule has 1 atom stereocenters. The molecule has 0 bridgehead atoms. The molecule has 3 fully saturated rings. The average molecular weight is 506 g/mol. The molecule has 2 saturated heterocycles. The number of hydrogen-bond donors (Lipinski definition) is 1. The number of amides is 1. The maximum atomic E-state index is 13.7. The van der Waals surface area contributed by atoms with Gasteiger partial charge in [0.15, 0.2) is 5.13 Å². The number of nitrogens with one attached hydrogen (secondary N) is 1. The second-order valence-electron chi connectivity index (χ2n) is 9.88. The number of hydrogen-bond acceptors (Lipinski definition) is 7. The maximum Gasteiger partial charge on any atom is 0.263 e. The Bertz CT molecular complexity index is 1010. The second kappa shape index (κ2) is 11.3. The van der Waals surface area contributed by atoms with Gasteiger partial charge in [-0.25, -0.2) is 13.8 Å². The molecular formula is C25H33F2N5O2S. The molecule has 4 heterocycles. The third kappa shape index (κ3) is 6.16. The van der Waals surface area contributed by atoms with Gasteiger partial charge in [0, 0.05) is 31.7 Å². The lowest BCUT2D eigenvalue weighted by Gasteiger charge is -2.42. The SMILES string of the molecule is O=C(NCc1ncc(F)cc1F)c1cnc(N2CCC(N3CCC[C@H](COC4CCC4)C3)CC2)s1. The van der Waals surface area contributed by atoms with Crippen molar-refractivity contribution in [3.05, 3.63) is 40.7 Å². The highest BCUT2D eigenvalue weighted by atomic mass is 32.1. The van der Waals surface area contributed by atoms with Crippen molar-refractivity contribution in [1.82, 2.24) is 20.2 Å². The zero-order valence-corrected chi connectivity index (χ0v) is 20.7. The van der Waals surface area contributed by atoms with E-state index in [2.05, 4.69) is 25.1 Å². The van der Waals surface area contributed by atoms with Gasteiger partial charge in [-0.2, -0.15) is 0 Å². The fourth-order valence-electron chi connectivity index (χ4n) is 5.14. The number of aromatic nitrogens is 2. The number of carbonyl (C=O) groups excluding carboxylic acids is 1. The van der Waals surface area contributed by atoms with Crippen molar-refractivity contribution in [2.75, 3.05) is 37.7 Å². The van der Waals surface area contributed by atoms with E-state index in [-0.39, 0.29) is 18.1 Å². The van der Waals surface area contributed by atoms with Gasteiger partial charge in [-0.3, -0.25) is 14.7 Å². The maximum absolute atomic E-state index is 13.7. The summed E-state index contributed by atoms with van der Waals surface area (Å²) >= 11 is 1.34. The van der Waals surface area contributed by atoms with Crippen molar-refractivity contribution < 1.29 is 18.3 Å². The minimum absolute atomic E-state index is 0.00103. The summed E-state index contributed by atoms with van der Waals surface area (Å²) in [6.07, 6.45) is 11.5. The summed E-state index contributed by atoms with van der Waals surface area (Å²) in [6.45, 7) is 4.96. The van der Waals surface area contributed by atoms with E-state index in [4.69, 9.17) is 4.74 Å². The van der Waals surface area contributed by atoms with Gasteiger partial charge in [-0.1, -0.05) is 11.3 Å². The Morgan fingerprint density at radius 2 is 1.91 bits per heavy atom. The lowest BCUT2D eigenvalue weighted by molar-refractivity contribution is -0.0327. The quantitative estimate of drug-likeness (QED) is 0.585. The Morgan fingerprint density at radius 1 is 1.09 bits per heavy atom. The molecule has 1 aliphatic carbocycles. The van der Waals surface area contributed by atoms with E-state index in [1.807, 2.05) is 0 Å². The van der Waals surface area contributed by atoms with Gasteiger partial charge >= 0.3 is 0 Å². The normalized spacial score (nSPS) is 22.2. The van der Waals surface area contributed by atoms with Crippen LogP contribution in [0.1, 0.15) is 60.3 Å². The van der Waals surface area contributed by atoms with Crippen molar-refractivity contribution in [3.63, 3.8) is 0 Å². The highest BCUT2D eigenvalue weighted by molar-refractivity contribution is 7.17. The Labute approximate surface area is 208 Å². The van der Waals surface area contributed by atoms with Gasteiger partial charge < -0.3 is 15.0 Å². The first-order valence-corrected chi connectivity index (χ1v) is 13.5. The number of halogens is 2. The van der Waals surface area contributed by atoms with Gasteiger partial charge in [0.2, 0.25) is 0 Å². The van der Waals surface area contributed by atoms with Crippen molar-refractivity contribution in [2.45, 2.75) is 63.6 Å². The van der Waals surface area contributed by atoms with Crippen LogP contribution in [0.2, 0.25) is 0 Å². The molecule has 190 valence electrons. The van der Waals surface area contributed by atoms with Crippen LogP contribution in [0.15, 0.2) is 18.5 Å². The van der Waals surface area contributed by atoms with Crippen LogP contribution in [0.3, 0.4) is 0 Å². The first-order chi connectivity index (χ1) is 17.0. The summed E-state index contributed by atoms with van der Waals surface area (Å²) in [4.78, 5) is 26.0. The molecular weight excluding hydrogens is 472 g/mol. The molecule has 2 aromatic heterocycles. The van der Waals surface area contributed by atoms with Crippen LogP contribution >= 0.6 is 11.3 Å². The predicted molar refractivity (Wildman–Crippen MR) is 131 cm³/mol. The van der Waals surface area contributed by atoms with Crippen LogP contribution in [-0.2, 0) is 11.3 Å². The van der Waals surface area contributed by atoms with E-state index in [1.165, 1.54) is 50.0 Å². The fourth-order valence-corrected chi connectivity index (χ4v) is 6.02. The molecule has 3 aliphatic rings. The van der Waals surface area contributed by atoms with Crippen molar-refractivity contribution in [2.24, 2.45) is 5.92 Å². The van der Waals surface area contributed by atoms with Crippen LogP contribution in [0.25, 0.3) is 0 Å².